The van der Waals surface area contributed by atoms with Gasteiger partial charge in [0.05, 0.1) is 11.9 Å². The summed E-state index contributed by atoms with van der Waals surface area (Å²) in [6.45, 7) is 1.15. The summed E-state index contributed by atoms with van der Waals surface area (Å²) in [5.74, 6) is -1.96. The Morgan fingerprint density at radius 2 is 2.09 bits per heavy atom. The predicted molar refractivity (Wildman–Crippen MR) is 110 cm³/mol. The molecule has 2 aliphatic heterocycles. The number of anilines is 1. The number of hydrogen-bond donors (Lipinski definition) is 2. The average molecular weight is 467 g/mol. The lowest BCUT2D eigenvalue weighted by Crippen LogP contribution is -2.50. The predicted octanol–water partition coefficient (Wildman–Crippen LogP) is 1.34. The molecule has 1 aromatic heterocycles. The van der Waals surface area contributed by atoms with Crippen LogP contribution in [0.1, 0.15) is 23.0 Å². The van der Waals surface area contributed by atoms with Crippen LogP contribution in [0.3, 0.4) is 0 Å². The van der Waals surface area contributed by atoms with Crippen LogP contribution in [-0.4, -0.2) is 55.3 Å². The Kier molecular flexibility index (Phi) is 5.15. The maximum absolute atomic E-state index is 14.7. The molecule has 2 aliphatic rings. The van der Waals surface area contributed by atoms with Crippen molar-refractivity contribution in [3.8, 4) is 11.5 Å². The van der Waals surface area contributed by atoms with E-state index < -0.39 is 39.4 Å². The number of carbonyl (C=O) groups is 1. The van der Waals surface area contributed by atoms with Gasteiger partial charge in [0.2, 0.25) is 16.0 Å². The van der Waals surface area contributed by atoms with Crippen molar-refractivity contribution >= 4 is 27.6 Å². The Bertz CT molecular complexity index is 1240. The Balaban J connectivity index is 1.63. The van der Waals surface area contributed by atoms with E-state index in [0.29, 0.717) is 0 Å². The van der Waals surface area contributed by atoms with Crippen LogP contribution in [0.5, 0.6) is 11.5 Å². The van der Waals surface area contributed by atoms with E-state index in [0.717, 1.165) is 10.4 Å². The topological polar surface area (TPSA) is 136 Å². The summed E-state index contributed by atoms with van der Waals surface area (Å²) in [4.78, 5) is 20.7. The van der Waals surface area contributed by atoms with E-state index in [1.807, 2.05) is 0 Å². The highest BCUT2D eigenvalue weighted by molar-refractivity contribution is 7.89. The molecule has 2 atom stereocenters. The van der Waals surface area contributed by atoms with Crippen LogP contribution in [0.2, 0.25) is 0 Å². The van der Waals surface area contributed by atoms with Gasteiger partial charge in [-0.15, -0.1) is 0 Å². The number of pyridine rings is 1. The van der Waals surface area contributed by atoms with Gasteiger partial charge in [0.15, 0.2) is 18.1 Å². The molecule has 0 fully saturated rings. The number of hydrogen-bond acceptors (Lipinski definition) is 8. The SMILES string of the molecule is CN1C(N)=N[C@](C)(c2cc(NC(=O)c3cc4c(cn3)OC[C@H](F)O4)ccc2F)CS1(=O)=O. The van der Waals surface area contributed by atoms with E-state index in [4.69, 9.17) is 15.2 Å². The lowest BCUT2D eigenvalue weighted by molar-refractivity contribution is -0.00330. The number of ether oxygens (including phenoxy) is 2. The largest absolute Gasteiger partial charge is 0.481 e. The number of rotatable bonds is 3. The van der Waals surface area contributed by atoms with Crippen molar-refractivity contribution in [1.82, 2.24) is 9.29 Å². The number of nitrogens with two attached hydrogens (primary N) is 1. The van der Waals surface area contributed by atoms with Crippen LogP contribution in [0.25, 0.3) is 0 Å². The number of nitrogens with one attached hydrogen (secondary N) is 1. The molecule has 2 aromatic rings. The molecule has 3 heterocycles. The molecule has 0 spiro atoms. The quantitative estimate of drug-likeness (QED) is 0.695. The highest BCUT2D eigenvalue weighted by Gasteiger charge is 2.41. The number of guanidine groups is 1. The third-order valence-corrected chi connectivity index (χ3v) is 7.01. The standard InChI is InChI=1S/C19H19F2N5O5S/c1-19(9-32(28,29)26(2)18(22)25-19)11-5-10(3-4-12(11)20)24-17(27)13-6-14-15(7-23-13)30-8-16(21)31-14/h3-7,16H,8-9H2,1-2H3,(H2,22,25)(H,24,27)/t16-,19+/m1/s1. The minimum Gasteiger partial charge on any atom is -0.481 e. The monoisotopic (exact) mass is 467 g/mol. The van der Waals surface area contributed by atoms with Gasteiger partial charge in [-0.3, -0.25) is 4.79 Å². The van der Waals surface area contributed by atoms with Crippen molar-refractivity contribution in [3.05, 3.63) is 47.5 Å². The summed E-state index contributed by atoms with van der Waals surface area (Å²) in [5, 5.41) is 2.54. The molecule has 1 aromatic carbocycles. The summed E-state index contributed by atoms with van der Waals surface area (Å²) in [7, 11) is -2.56. The molecule has 0 unspecified atom stereocenters. The second-order valence-corrected chi connectivity index (χ2v) is 9.47. The van der Waals surface area contributed by atoms with E-state index in [1.165, 1.54) is 38.4 Å². The lowest BCUT2D eigenvalue weighted by Gasteiger charge is -2.34. The second-order valence-electron chi connectivity index (χ2n) is 7.47. The van der Waals surface area contributed by atoms with Gasteiger partial charge in [-0.2, -0.15) is 4.39 Å². The number of benzene rings is 1. The van der Waals surface area contributed by atoms with E-state index in [1.54, 1.807) is 0 Å². The van der Waals surface area contributed by atoms with Gasteiger partial charge >= 0.3 is 0 Å². The molecule has 170 valence electrons. The number of nitrogens with zero attached hydrogens (tertiary/aromatic N) is 3. The van der Waals surface area contributed by atoms with Gasteiger partial charge in [-0.05, 0) is 25.1 Å². The first-order valence-corrected chi connectivity index (χ1v) is 11.0. The molecule has 10 nitrogen and oxygen atoms in total. The molecule has 0 radical (unpaired) electrons. The molecule has 4 rings (SSSR count). The number of halogens is 2. The number of aromatic nitrogens is 1. The lowest BCUT2D eigenvalue weighted by atomic mass is 9.93. The third kappa shape index (κ3) is 3.90. The molecule has 1 amide bonds. The molecule has 0 saturated carbocycles. The van der Waals surface area contributed by atoms with Crippen LogP contribution in [0.4, 0.5) is 14.5 Å². The first-order chi connectivity index (χ1) is 15.0. The number of carbonyl (C=O) groups excluding carboxylic acids is 1. The molecular formula is C19H19F2N5O5S. The van der Waals surface area contributed by atoms with Crippen LogP contribution in [0, 0.1) is 5.82 Å². The summed E-state index contributed by atoms with van der Waals surface area (Å²) in [5.41, 5.74) is 4.22. The molecule has 3 N–H and O–H groups in total. The van der Waals surface area contributed by atoms with Crippen molar-refractivity contribution in [2.45, 2.75) is 18.8 Å². The van der Waals surface area contributed by atoms with Gasteiger partial charge in [-0.1, -0.05) is 0 Å². The maximum Gasteiger partial charge on any atom is 0.274 e. The van der Waals surface area contributed by atoms with Crippen LogP contribution >= 0.6 is 0 Å². The highest BCUT2D eigenvalue weighted by Crippen LogP contribution is 2.35. The number of alkyl halides is 1. The van der Waals surface area contributed by atoms with Gasteiger partial charge in [0, 0.05) is 24.4 Å². The van der Waals surface area contributed by atoms with E-state index in [-0.39, 0.29) is 41.0 Å². The zero-order valence-electron chi connectivity index (χ0n) is 17.0. The summed E-state index contributed by atoms with van der Waals surface area (Å²) in [6, 6.07) is 4.88. The minimum atomic E-state index is -3.82. The smallest absolute Gasteiger partial charge is 0.274 e. The van der Waals surface area contributed by atoms with Crippen LogP contribution in [-0.2, 0) is 15.6 Å². The van der Waals surface area contributed by atoms with Gasteiger partial charge in [0.25, 0.3) is 12.3 Å². The fourth-order valence-corrected chi connectivity index (χ4v) is 4.82. The molecule has 13 heteroatoms. The third-order valence-electron chi connectivity index (χ3n) is 5.06. The summed E-state index contributed by atoms with van der Waals surface area (Å²) in [6.07, 6.45) is -0.436. The Labute approximate surface area is 182 Å². The highest BCUT2D eigenvalue weighted by atomic mass is 32.2. The van der Waals surface area contributed by atoms with Crippen molar-refractivity contribution in [2.75, 3.05) is 24.7 Å². The number of amides is 1. The Morgan fingerprint density at radius 1 is 1.34 bits per heavy atom. The molecular weight excluding hydrogens is 448 g/mol. The maximum atomic E-state index is 14.7. The zero-order valence-corrected chi connectivity index (χ0v) is 17.8. The molecule has 0 saturated heterocycles. The number of sulfonamides is 1. The Hall–Kier alpha value is -3.48. The first kappa shape index (κ1) is 21.7. The van der Waals surface area contributed by atoms with E-state index >= 15 is 0 Å². The normalized spacial score (nSPS) is 23.9. The summed E-state index contributed by atoms with van der Waals surface area (Å²) < 4.78 is 63.8. The molecule has 32 heavy (non-hydrogen) atoms. The van der Waals surface area contributed by atoms with Gasteiger partial charge in [0.1, 0.15) is 17.1 Å². The fourth-order valence-electron chi connectivity index (χ4n) is 3.37. The van der Waals surface area contributed by atoms with E-state index in [2.05, 4.69) is 15.3 Å². The van der Waals surface area contributed by atoms with Crippen LogP contribution in [0.15, 0.2) is 35.5 Å². The number of aliphatic imine (C=N–C) groups is 1. The first-order valence-electron chi connectivity index (χ1n) is 9.35. The van der Waals surface area contributed by atoms with Gasteiger partial charge < -0.3 is 20.5 Å². The number of fused-ring (bicyclic) bond motifs is 1. The van der Waals surface area contributed by atoms with Gasteiger partial charge in [-0.25, -0.2) is 27.1 Å². The van der Waals surface area contributed by atoms with Crippen molar-refractivity contribution in [2.24, 2.45) is 10.7 Å². The van der Waals surface area contributed by atoms with Crippen molar-refractivity contribution < 1.29 is 31.5 Å². The van der Waals surface area contributed by atoms with Crippen molar-refractivity contribution in [1.29, 1.82) is 0 Å². The second kappa shape index (κ2) is 7.58. The zero-order chi connectivity index (χ0) is 23.3. The average Bonchev–Trinajstić information content (AvgIpc) is 2.72. The minimum absolute atomic E-state index is 0.0255. The Morgan fingerprint density at radius 3 is 2.81 bits per heavy atom. The van der Waals surface area contributed by atoms with Crippen LogP contribution < -0.4 is 20.5 Å². The fraction of sp³-hybridized carbons (Fsp3) is 0.316. The summed E-state index contributed by atoms with van der Waals surface area (Å²) >= 11 is 0. The molecule has 0 aliphatic carbocycles. The van der Waals surface area contributed by atoms with Crippen molar-refractivity contribution in [3.63, 3.8) is 0 Å². The molecule has 0 bridgehead atoms. The van der Waals surface area contributed by atoms with E-state index in [9.17, 15) is 22.0 Å².